The fraction of sp³-hybridized carbons (Fsp3) is 0.552. The minimum atomic E-state index is 0.0745. The van der Waals surface area contributed by atoms with Gasteiger partial charge in [0.15, 0.2) is 0 Å². The Morgan fingerprint density at radius 2 is 0.667 bits per heavy atom. The second kappa shape index (κ2) is 16.9. The van der Waals surface area contributed by atoms with Gasteiger partial charge < -0.3 is 9.64 Å². The molecule has 69 heavy (non-hydrogen) atoms. The van der Waals surface area contributed by atoms with E-state index in [0.29, 0.717) is 0 Å². The van der Waals surface area contributed by atoms with Gasteiger partial charge in [0.25, 0.3) is 0 Å². The van der Waals surface area contributed by atoms with Crippen LogP contribution in [0.5, 0.6) is 5.75 Å². The molecule has 4 aliphatic rings. The maximum Gasteiger partial charge on any atom is 0.120 e. The van der Waals surface area contributed by atoms with Crippen LogP contribution in [0.3, 0.4) is 0 Å². The minimum absolute atomic E-state index is 0.0745. The van der Waals surface area contributed by atoms with Gasteiger partial charge in [-0.2, -0.15) is 0 Å². The predicted octanol–water partition coefficient (Wildman–Crippen LogP) is 19.5. The number of hydrogen-bond acceptors (Lipinski definition) is 2. The lowest BCUT2D eigenvalue weighted by atomic mass is 9.72. The van der Waals surface area contributed by atoms with Crippen LogP contribution in [-0.2, 0) is 43.3 Å². The van der Waals surface area contributed by atoms with E-state index in [2.05, 4.69) is 201 Å². The van der Waals surface area contributed by atoms with Crippen molar-refractivity contribution < 1.29 is 4.74 Å². The van der Waals surface area contributed by atoms with E-state index < -0.39 is 0 Å². The van der Waals surface area contributed by atoms with Crippen molar-refractivity contribution in [2.24, 2.45) is 0 Å². The average molecular weight is 924 g/mol. The van der Waals surface area contributed by atoms with E-state index >= 15 is 0 Å². The highest BCUT2D eigenvalue weighted by Crippen LogP contribution is 2.65. The van der Waals surface area contributed by atoms with E-state index in [-0.39, 0.29) is 43.3 Å². The molecular weight excluding hydrogens is 835 g/mol. The summed E-state index contributed by atoms with van der Waals surface area (Å²) in [6.07, 6.45) is 14.3. The normalized spacial score (nSPS) is 20.8. The van der Waals surface area contributed by atoms with Gasteiger partial charge in [-0.05, 0) is 224 Å². The molecule has 2 heteroatoms. The van der Waals surface area contributed by atoms with Crippen LogP contribution in [0.25, 0.3) is 22.3 Å². The van der Waals surface area contributed by atoms with Crippen LogP contribution in [-0.4, -0.2) is 7.11 Å². The molecule has 0 saturated heterocycles. The molecule has 2 nitrogen and oxygen atoms in total. The zero-order valence-electron chi connectivity index (χ0n) is 46.4. The largest absolute Gasteiger partial charge is 0.497 e. The Bertz CT molecular complexity index is 2460. The Hall–Kier alpha value is -4.30. The molecule has 5 aromatic carbocycles. The molecule has 0 saturated carbocycles. The van der Waals surface area contributed by atoms with Crippen molar-refractivity contribution in [2.45, 2.75) is 231 Å². The maximum absolute atomic E-state index is 5.89. The number of methoxy groups -OCH3 is 1. The number of nitrogens with zero attached hydrogens (tertiary/aromatic N) is 1. The molecule has 0 atom stereocenters. The summed E-state index contributed by atoms with van der Waals surface area (Å²) in [6.45, 7) is 39.9. The van der Waals surface area contributed by atoms with Gasteiger partial charge in [-0.25, -0.2) is 0 Å². The van der Waals surface area contributed by atoms with Gasteiger partial charge >= 0.3 is 0 Å². The van der Waals surface area contributed by atoms with Crippen LogP contribution in [0.2, 0.25) is 0 Å². The van der Waals surface area contributed by atoms with Crippen LogP contribution in [0.1, 0.15) is 232 Å². The minimum Gasteiger partial charge on any atom is -0.497 e. The van der Waals surface area contributed by atoms with Crippen LogP contribution >= 0.6 is 0 Å². The van der Waals surface area contributed by atoms with Crippen LogP contribution in [0.15, 0.2) is 84.9 Å². The molecule has 0 bridgehead atoms. The Labute approximate surface area is 420 Å². The molecule has 0 amide bonds. The van der Waals surface area contributed by atoms with Crippen LogP contribution < -0.4 is 9.64 Å². The molecule has 0 aromatic heterocycles. The van der Waals surface area contributed by atoms with Gasteiger partial charge in [0.2, 0.25) is 0 Å². The third kappa shape index (κ3) is 7.19. The third-order valence-electron chi connectivity index (χ3n) is 20.3. The van der Waals surface area contributed by atoms with Gasteiger partial charge in [-0.3, -0.25) is 0 Å². The standard InChI is InChI=1S/C67H89NO/c1-18-64(19-2)40-60(9,10)56-50(64)38-51-57(61(11,12)41-65(51,20-3)21-4)54(56)44-29-33-46(34-30-44)68(48-27-26-28-49(37-48)69-17)47-35-31-45(32-36-47)55-58-52(66(22-5,23-6)42-62(58,13)14)39-53-59(55)63(15,16)43-67(53,24-7)25-8/h26-39H,18-25,40-43H2,1-17H3. The van der Waals surface area contributed by atoms with E-state index in [1.807, 2.05) is 0 Å². The molecule has 0 fully saturated rings. The number of benzene rings is 5. The molecule has 368 valence electrons. The smallest absolute Gasteiger partial charge is 0.120 e. The zero-order chi connectivity index (χ0) is 49.9. The predicted molar refractivity (Wildman–Crippen MR) is 298 cm³/mol. The van der Waals surface area contributed by atoms with Crippen molar-refractivity contribution in [3.05, 3.63) is 129 Å². The van der Waals surface area contributed by atoms with Crippen molar-refractivity contribution in [1.82, 2.24) is 0 Å². The van der Waals surface area contributed by atoms with Gasteiger partial charge in [0.1, 0.15) is 5.75 Å². The molecule has 0 radical (unpaired) electrons. The van der Waals surface area contributed by atoms with Crippen LogP contribution in [0, 0.1) is 0 Å². The second-order valence-corrected chi connectivity index (χ2v) is 25.5. The summed E-state index contributed by atoms with van der Waals surface area (Å²) < 4.78 is 5.89. The highest BCUT2D eigenvalue weighted by atomic mass is 16.5. The summed E-state index contributed by atoms with van der Waals surface area (Å²) in [7, 11) is 1.78. The number of anilines is 3. The van der Waals surface area contributed by atoms with E-state index in [0.717, 1.165) is 22.8 Å². The van der Waals surface area contributed by atoms with Crippen molar-refractivity contribution in [1.29, 1.82) is 0 Å². The molecule has 5 aromatic rings. The molecule has 9 rings (SSSR count). The summed E-state index contributed by atoms with van der Waals surface area (Å²) in [5, 5.41) is 0. The Morgan fingerprint density at radius 1 is 0.377 bits per heavy atom. The van der Waals surface area contributed by atoms with E-state index in [1.165, 1.54) is 99.3 Å². The quantitative estimate of drug-likeness (QED) is 0.110. The molecule has 0 unspecified atom stereocenters. The van der Waals surface area contributed by atoms with Gasteiger partial charge in [0, 0.05) is 23.1 Å². The second-order valence-electron chi connectivity index (χ2n) is 25.5. The lowest BCUT2D eigenvalue weighted by molar-refractivity contribution is 0.322. The molecule has 0 aliphatic heterocycles. The summed E-state index contributed by atoms with van der Waals surface area (Å²) in [4.78, 5) is 2.45. The van der Waals surface area contributed by atoms with Gasteiger partial charge in [0.05, 0.1) is 7.11 Å². The summed E-state index contributed by atoms with van der Waals surface area (Å²) in [6, 6.07) is 33.6. The Morgan fingerprint density at radius 3 is 0.928 bits per heavy atom. The lowest BCUT2D eigenvalue weighted by Crippen LogP contribution is -2.26. The van der Waals surface area contributed by atoms with E-state index in [9.17, 15) is 0 Å². The summed E-state index contributed by atoms with van der Waals surface area (Å²) >= 11 is 0. The number of fused-ring (bicyclic) bond motifs is 4. The van der Waals surface area contributed by atoms with Gasteiger partial charge in [-0.15, -0.1) is 0 Å². The molecular formula is C67H89NO. The van der Waals surface area contributed by atoms with E-state index in [4.69, 9.17) is 4.74 Å². The Kier molecular flexibility index (Phi) is 12.2. The van der Waals surface area contributed by atoms with Gasteiger partial charge in [-0.1, -0.05) is 153 Å². The number of ether oxygens (including phenoxy) is 1. The molecule has 4 aliphatic carbocycles. The van der Waals surface area contributed by atoms with Crippen molar-refractivity contribution >= 4 is 17.1 Å². The fourth-order valence-electron chi connectivity index (χ4n) is 16.8. The van der Waals surface area contributed by atoms with Crippen molar-refractivity contribution in [2.75, 3.05) is 12.0 Å². The Balaban J connectivity index is 1.24. The van der Waals surface area contributed by atoms with Crippen molar-refractivity contribution in [3.8, 4) is 28.0 Å². The SMILES string of the molecule is CCC1(CC)CC(C)(C)c2c1cc1c(c2-c2ccc(N(c3ccc(-c4c5c(cc6c4C(C)(C)CC6(CC)CC)C(CC)(CC)CC5(C)C)cc3)c3cccc(OC)c3)cc2)C(C)(C)CC1(CC)CC. The zero-order valence-corrected chi connectivity index (χ0v) is 46.4. The molecule has 0 heterocycles. The average Bonchev–Trinajstić information content (AvgIpc) is 3.93. The topological polar surface area (TPSA) is 12.5 Å². The monoisotopic (exact) mass is 924 g/mol. The van der Waals surface area contributed by atoms with Crippen LogP contribution in [0.4, 0.5) is 17.1 Å². The molecule has 0 N–H and O–H groups in total. The highest BCUT2D eigenvalue weighted by Gasteiger charge is 2.55. The summed E-state index contributed by atoms with van der Waals surface area (Å²) in [5.74, 6) is 0.863. The highest BCUT2D eigenvalue weighted by molar-refractivity contribution is 5.86. The fourth-order valence-corrected chi connectivity index (χ4v) is 16.8. The third-order valence-corrected chi connectivity index (χ3v) is 20.3. The maximum atomic E-state index is 5.89. The number of rotatable bonds is 14. The van der Waals surface area contributed by atoms with Crippen molar-refractivity contribution in [3.63, 3.8) is 0 Å². The number of hydrogen-bond donors (Lipinski definition) is 0. The van der Waals surface area contributed by atoms with E-state index in [1.54, 1.807) is 51.6 Å². The first-order valence-corrected chi connectivity index (χ1v) is 27.7. The first kappa shape index (κ1) is 49.7. The lowest BCUT2D eigenvalue weighted by Gasteiger charge is -2.33. The first-order valence-electron chi connectivity index (χ1n) is 27.7. The first-order chi connectivity index (χ1) is 32.6. The molecule has 0 spiro atoms. The summed E-state index contributed by atoms with van der Waals surface area (Å²) in [5.41, 5.74) is 23.3.